The lowest BCUT2D eigenvalue weighted by Gasteiger charge is -2.37. The summed E-state index contributed by atoms with van der Waals surface area (Å²) in [6.07, 6.45) is 1.62. The van der Waals surface area contributed by atoms with Gasteiger partial charge in [0, 0.05) is 13.1 Å². The minimum Gasteiger partial charge on any atom is -0.444 e. The first-order chi connectivity index (χ1) is 10.7. The molecule has 0 radical (unpaired) electrons. The molecule has 0 saturated carbocycles. The van der Waals surface area contributed by atoms with Crippen LogP contribution in [0.3, 0.4) is 0 Å². The van der Waals surface area contributed by atoms with Crippen molar-refractivity contribution in [2.45, 2.75) is 45.8 Å². The average Bonchev–Trinajstić information content (AvgIpc) is 2.84. The van der Waals surface area contributed by atoms with Gasteiger partial charge < -0.3 is 15.0 Å². The zero-order valence-electron chi connectivity index (χ0n) is 13.7. The van der Waals surface area contributed by atoms with Gasteiger partial charge in [-0.25, -0.2) is 4.79 Å². The van der Waals surface area contributed by atoms with Crippen molar-refractivity contribution in [1.82, 2.24) is 9.69 Å². The fourth-order valence-corrected chi connectivity index (χ4v) is 3.41. The number of hydrogen-bond acceptors (Lipinski definition) is 7. The molecule has 0 aliphatic carbocycles. The second-order valence-electron chi connectivity index (χ2n) is 6.86. The number of carbonyl (C=O) groups is 1. The molecule has 2 atom stereocenters. The zero-order chi connectivity index (χ0) is 17.2. The molecule has 23 heavy (non-hydrogen) atoms. The highest BCUT2D eigenvalue weighted by atomic mass is 32.1. The van der Waals surface area contributed by atoms with Gasteiger partial charge in [0.25, 0.3) is 0 Å². The molecule has 8 nitrogen and oxygen atoms in total. The van der Waals surface area contributed by atoms with Gasteiger partial charge in [-0.05, 0) is 44.6 Å². The molecule has 1 saturated heterocycles. The third kappa shape index (κ3) is 4.78. The van der Waals surface area contributed by atoms with Gasteiger partial charge in [0.1, 0.15) is 11.8 Å². The van der Waals surface area contributed by atoms with Crippen LogP contribution >= 0.6 is 11.5 Å². The van der Waals surface area contributed by atoms with Crippen molar-refractivity contribution in [2.24, 2.45) is 5.92 Å². The van der Waals surface area contributed by atoms with Crippen LogP contribution in [0.4, 0.5) is 15.5 Å². The fourth-order valence-electron chi connectivity index (χ4n) is 2.67. The van der Waals surface area contributed by atoms with E-state index in [1.807, 2.05) is 25.7 Å². The molecular weight excluding hydrogens is 320 g/mol. The van der Waals surface area contributed by atoms with E-state index in [-0.39, 0.29) is 11.7 Å². The minimum atomic E-state index is -0.555. The molecular formula is C14H22N4O4S. The molecule has 128 valence electrons. The van der Waals surface area contributed by atoms with Crippen LogP contribution < -0.4 is 10.2 Å². The number of hydrogen-bond donors (Lipinski definition) is 1. The molecule has 0 bridgehead atoms. The Hall–Kier alpha value is -1.90. The van der Waals surface area contributed by atoms with Gasteiger partial charge in [-0.3, -0.25) is 10.1 Å². The number of nitrogens with one attached hydrogen (secondary N) is 1. The second-order valence-corrected chi connectivity index (χ2v) is 7.64. The summed E-state index contributed by atoms with van der Waals surface area (Å²) >= 11 is 1.11. The van der Waals surface area contributed by atoms with E-state index in [0.29, 0.717) is 24.0 Å². The Morgan fingerprint density at radius 1 is 1.52 bits per heavy atom. The van der Waals surface area contributed by atoms with Crippen LogP contribution in [0.1, 0.15) is 34.1 Å². The molecule has 1 aromatic heterocycles. The first-order valence-corrected chi connectivity index (χ1v) is 8.26. The Bertz CT molecular complexity index is 584. The van der Waals surface area contributed by atoms with E-state index < -0.39 is 16.6 Å². The summed E-state index contributed by atoms with van der Waals surface area (Å²) in [6, 6.07) is -0.115. The number of ether oxygens (including phenoxy) is 1. The Labute approximate surface area is 139 Å². The highest BCUT2D eigenvalue weighted by molar-refractivity contribution is 7.10. The van der Waals surface area contributed by atoms with Crippen molar-refractivity contribution in [2.75, 3.05) is 18.0 Å². The number of nitrogens with zero attached hydrogens (tertiary/aromatic N) is 3. The Morgan fingerprint density at radius 3 is 2.83 bits per heavy atom. The van der Waals surface area contributed by atoms with Gasteiger partial charge in [-0.1, -0.05) is 6.92 Å². The molecule has 2 rings (SSSR count). The van der Waals surface area contributed by atoms with E-state index in [1.165, 1.54) is 6.20 Å². The van der Waals surface area contributed by atoms with Gasteiger partial charge in [0.2, 0.25) is 0 Å². The predicted molar refractivity (Wildman–Crippen MR) is 87.9 cm³/mol. The monoisotopic (exact) mass is 342 g/mol. The molecule has 1 aliphatic heterocycles. The van der Waals surface area contributed by atoms with Crippen LogP contribution in [0.5, 0.6) is 0 Å². The maximum absolute atomic E-state index is 11.9. The molecule has 1 aromatic rings. The fraction of sp³-hybridized carbons (Fsp3) is 0.714. The van der Waals surface area contributed by atoms with Crippen LogP contribution in [-0.4, -0.2) is 40.1 Å². The molecule has 1 amide bonds. The number of piperidine rings is 1. The van der Waals surface area contributed by atoms with Crippen LogP contribution in [0.25, 0.3) is 0 Å². The van der Waals surface area contributed by atoms with Crippen molar-refractivity contribution in [1.29, 1.82) is 0 Å². The molecule has 1 fully saturated rings. The van der Waals surface area contributed by atoms with Gasteiger partial charge in [-0.15, -0.1) is 0 Å². The molecule has 0 aromatic carbocycles. The lowest BCUT2D eigenvalue weighted by molar-refractivity contribution is -0.383. The lowest BCUT2D eigenvalue weighted by atomic mass is 9.96. The third-order valence-electron chi connectivity index (χ3n) is 3.40. The minimum absolute atomic E-state index is 0.0140. The second kappa shape index (κ2) is 6.69. The Morgan fingerprint density at radius 2 is 2.22 bits per heavy atom. The largest absolute Gasteiger partial charge is 0.444 e. The number of amides is 1. The summed E-state index contributed by atoms with van der Waals surface area (Å²) in [4.78, 5) is 24.5. The molecule has 9 heteroatoms. The maximum atomic E-state index is 11.9. The van der Waals surface area contributed by atoms with E-state index >= 15 is 0 Å². The summed E-state index contributed by atoms with van der Waals surface area (Å²) in [6.45, 7) is 8.69. The van der Waals surface area contributed by atoms with E-state index in [9.17, 15) is 14.9 Å². The first kappa shape index (κ1) is 17.5. The van der Waals surface area contributed by atoms with Crippen molar-refractivity contribution in [3.8, 4) is 0 Å². The van der Waals surface area contributed by atoms with Crippen molar-refractivity contribution in [3.63, 3.8) is 0 Å². The number of alkyl carbamates (subject to hydrolysis) is 1. The van der Waals surface area contributed by atoms with Crippen LogP contribution in [-0.2, 0) is 4.74 Å². The Balaban J connectivity index is 2.06. The lowest BCUT2D eigenvalue weighted by Crippen LogP contribution is -2.51. The van der Waals surface area contributed by atoms with Gasteiger partial charge in [0.15, 0.2) is 5.00 Å². The van der Waals surface area contributed by atoms with Gasteiger partial charge in [-0.2, -0.15) is 4.37 Å². The quantitative estimate of drug-likeness (QED) is 0.670. The molecule has 0 spiro atoms. The summed E-state index contributed by atoms with van der Waals surface area (Å²) in [5.41, 5.74) is -0.541. The standard InChI is InChI=1S/C14H22N4O4S/c1-9-5-10(16-13(19)22-14(2,3)4)8-17(7-9)12-11(18(20)21)6-15-23-12/h6,9-10H,5,7-8H2,1-4H3,(H,16,19)/t9-,10+/m1/s1. The van der Waals surface area contributed by atoms with E-state index in [1.54, 1.807) is 0 Å². The molecule has 1 aliphatic rings. The SMILES string of the molecule is C[C@@H]1C[C@H](NC(=O)OC(C)(C)C)CN(c2sncc2[N+](=O)[O-])C1. The summed E-state index contributed by atoms with van der Waals surface area (Å²) in [7, 11) is 0. The number of carbonyl (C=O) groups excluding carboxylic acids is 1. The normalized spacial score (nSPS) is 21.8. The highest BCUT2D eigenvalue weighted by Gasteiger charge is 2.32. The summed E-state index contributed by atoms with van der Waals surface area (Å²) in [5.74, 6) is 0.297. The number of aromatic nitrogens is 1. The van der Waals surface area contributed by atoms with Gasteiger partial charge >= 0.3 is 11.8 Å². The van der Waals surface area contributed by atoms with E-state index in [2.05, 4.69) is 16.6 Å². The average molecular weight is 342 g/mol. The van der Waals surface area contributed by atoms with E-state index in [0.717, 1.165) is 18.0 Å². The third-order valence-corrected chi connectivity index (χ3v) is 4.25. The predicted octanol–water partition coefficient (Wildman–Crippen LogP) is 2.79. The number of nitro groups is 1. The molecule has 2 heterocycles. The van der Waals surface area contributed by atoms with Crippen LogP contribution in [0.2, 0.25) is 0 Å². The van der Waals surface area contributed by atoms with Crippen molar-refractivity contribution < 1.29 is 14.5 Å². The van der Waals surface area contributed by atoms with Crippen LogP contribution in [0.15, 0.2) is 6.20 Å². The zero-order valence-corrected chi connectivity index (χ0v) is 14.6. The number of rotatable bonds is 3. The Kier molecular flexibility index (Phi) is 5.08. The first-order valence-electron chi connectivity index (χ1n) is 7.49. The van der Waals surface area contributed by atoms with Crippen LogP contribution in [0, 0.1) is 16.0 Å². The molecule has 0 unspecified atom stereocenters. The highest BCUT2D eigenvalue weighted by Crippen LogP contribution is 2.34. The van der Waals surface area contributed by atoms with Crippen molar-refractivity contribution >= 4 is 28.3 Å². The number of anilines is 1. The van der Waals surface area contributed by atoms with Crippen molar-refractivity contribution in [3.05, 3.63) is 16.3 Å². The topological polar surface area (TPSA) is 97.6 Å². The molecule has 1 N–H and O–H groups in total. The summed E-state index contributed by atoms with van der Waals surface area (Å²) < 4.78 is 9.20. The smallest absolute Gasteiger partial charge is 0.407 e. The van der Waals surface area contributed by atoms with E-state index in [4.69, 9.17) is 4.74 Å². The maximum Gasteiger partial charge on any atom is 0.407 e. The van der Waals surface area contributed by atoms with Gasteiger partial charge in [0.05, 0.1) is 11.0 Å². The summed E-state index contributed by atoms with van der Waals surface area (Å²) in [5, 5.41) is 14.5.